The van der Waals surface area contributed by atoms with Crippen LogP contribution < -0.4 is 19.6 Å². The number of amides is 4. The summed E-state index contributed by atoms with van der Waals surface area (Å²) in [6.45, 7) is 27.8. The van der Waals surface area contributed by atoms with Crippen LogP contribution in [-0.2, 0) is 19.2 Å². The minimum absolute atomic E-state index is 0.0523. The molecule has 0 saturated heterocycles. The monoisotopic (exact) mass is 1170 g/mol. The van der Waals surface area contributed by atoms with E-state index < -0.39 is 27.6 Å². The summed E-state index contributed by atoms with van der Waals surface area (Å²) in [7, 11) is 0. The molecular formula is C76H82N8O4. The number of hydrogen-bond donors (Lipinski definition) is 2. The first-order chi connectivity index (χ1) is 42.2. The van der Waals surface area contributed by atoms with Crippen LogP contribution in [0.25, 0.3) is 46.4 Å². The molecule has 4 aliphatic carbocycles. The van der Waals surface area contributed by atoms with Crippen molar-refractivity contribution >= 4 is 92.7 Å². The number of benzene rings is 4. The molecule has 12 nitrogen and oxygen atoms in total. The summed E-state index contributed by atoms with van der Waals surface area (Å²) >= 11 is 0. The first kappa shape index (κ1) is 58.4. The standard InChI is InChI=1S/C76H82N8O4/c1-13-81(45-29-21-17-22-30-45)69(85)65-61(73(65,5)6)57-49-37-39-51(77-49)58(62-66(74(62,7)8)70(86)82(14-2)46-31-23-18-24-32-46)53-41-43-55(79-53)60(64-68(76(64,11)12)72(88)84(16-4)48-35-27-20-28-36-48)56-44-42-54(80-56)59(52-40-38-50(57)78-52)63-67(75(63,9)10)71(87)83(15-3)47-33-25-19-26-34-47/h17-44,61-68,77-78H,13-16H2,1-12H3/t61-,62-,63-,64-,65-,66-,67-,68-/m0/s1. The van der Waals surface area contributed by atoms with E-state index in [1.807, 2.05) is 169 Å². The highest BCUT2D eigenvalue weighted by molar-refractivity contribution is 6.03. The lowest BCUT2D eigenvalue weighted by molar-refractivity contribution is -0.121. The Bertz CT molecular complexity index is 3980. The normalized spacial score (nSPS) is 23.4. The summed E-state index contributed by atoms with van der Waals surface area (Å²) in [6, 6.07) is 48.3. The Kier molecular flexibility index (Phi) is 14.3. The molecule has 0 unspecified atom stereocenters. The van der Waals surface area contributed by atoms with Gasteiger partial charge in [0.15, 0.2) is 0 Å². The lowest BCUT2D eigenvalue weighted by Gasteiger charge is -2.22. The van der Waals surface area contributed by atoms with Crippen LogP contribution >= 0.6 is 0 Å². The SMILES string of the molecule is CCN(C(=O)[C@@H]1[C@H](c2c3nc(c([C@H]4[C@@H](C(=O)N(CC)c5ccccc5)C4(C)C)c4ccc([nH]4)c([C@H]4[C@@H](C(=O)N(CC)c5ccccc5)C4(C)C)c4ccc([nH]4)c([C@H]4[C@@H](C(=O)N(CC)c5ccccc5)C4(C)C)c4nc2C=C4)C=C3)C1(C)C)c1ccccc1. The second-order valence-corrected chi connectivity index (χ2v) is 27.4. The molecule has 8 atom stereocenters. The number of carbonyl (C=O) groups is 4. The van der Waals surface area contributed by atoms with Gasteiger partial charge in [0.25, 0.3) is 0 Å². The van der Waals surface area contributed by atoms with Crippen LogP contribution in [0.2, 0.25) is 0 Å². The second kappa shape index (κ2) is 21.6. The molecule has 2 aliphatic heterocycles. The third-order valence-corrected chi connectivity index (χ3v) is 21.1. The zero-order valence-electron chi connectivity index (χ0n) is 52.9. The molecule has 0 spiro atoms. The van der Waals surface area contributed by atoms with Crippen molar-refractivity contribution in [1.82, 2.24) is 19.9 Å². The Morgan fingerprint density at radius 2 is 0.545 bits per heavy atom. The van der Waals surface area contributed by atoms with Crippen LogP contribution in [0.1, 0.15) is 152 Å². The van der Waals surface area contributed by atoms with E-state index in [1.54, 1.807) is 0 Å². The molecular weight excluding hydrogens is 1090 g/mol. The summed E-state index contributed by atoms with van der Waals surface area (Å²) < 4.78 is 0. The van der Waals surface area contributed by atoms with E-state index in [-0.39, 0.29) is 65.1 Å². The molecule has 88 heavy (non-hydrogen) atoms. The van der Waals surface area contributed by atoms with Gasteiger partial charge in [-0.05, 0) is 146 Å². The van der Waals surface area contributed by atoms with Gasteiger partial charge in [0, 0.05) is 117 Å². The topological polar surface area (TPSA) is 139 Å². The molecule has 12 heteroatoms. The largest absolute Gasteiger partial charge is 0.355 e. The number of nitrogens with zero attached hydrogens (tertiary/aromatic N) is 6. The molecule has 4 saturated carbocycles. The first-order valence-corrected chi connectivity index (χ1v) is 31.8. The Morgan fingerprint density at radius 1 is 0.330 bits per heavy atom. The number of rotatable bonds is 16. The Morgan fingerprint density at radius 3 is 0.795 bits per heavy atom. The number of carbonyl (C=O) groups excluding carboxylic acids is 4. The fourth-order valence-corrected chi connectivity index (χ4v) is 16.1. The maximum atomic E-state index is 15.3. The number of fused-ring (bicyclic) bond motifs is 8. The predicted molar refractivity (Wildman–Crippen MR) is 357 cm³/mol. The van der Waals surface area contributed by atoms with Crippen LogP contribution in [0.5, 0.6) is 0 Å². The minimum Gasteiger partial charge on any atom is -0.355 e. The molecule has 3 aromatic heterocycles. The van der Waals surface area contributed by atoms with Crippen molar-refractivity contribution in [3.8, 4) is 0 Å². The van der Waals surface area contributed by atoms with E-state index in [4.69, 9.17) is 9.97 Å². The molecule has 450 valence electrons. The minimum atomic E-state index is -0.485. The molecule has 4 fully saturated rings. The van der Waals surface area contributed by atoms with Crippen LogP contribution in [0.4, 0.5) is 22.7 Å². The highest BCUT2D eigenvalue weighted by Gasteiger charge is 2.68. The summed E-state index contributed by atoms with van der Waals surface area (Å²) in [5.74, 6) is -2.25. The summed E-state index contributed by atoms with van der Waals surface area (Å²) in [4.78, 5) is 88.1. The fraction of sp³-hybridized carbons (Fsp3) is 0.368. The quantitative estimate of drug-likeness (QED) is 0.0988. The van der Waals surface area contributed by atoms with Gasteiger partial charge in [0.2, 0.25) is 23.6 Å². The highest BCUT2D eigenvalue weighted by Crippen LogP contribution is 2.70. The lowest BCUT2D eigenvalue weighted by atomic mass is 10.00. The Balaban J connectivity index is 1.07. The predicted octanol–water partition coefficient (Wildman–Crippen LogP) is 15.8. The van der Waals surface area contributed by atoms with Gasteiger partial charge in [0.05, 0.1) is 46.4 Å². The van der Waals surface area contributed by atoms with Gasteiger partial charge < -0.3 is 29.6 Å². The van der Waals surface area contributed by atoms with Crippen molar-refractivity contribution < 1.29 is 19.2 Å². The van der Waals surface area contributed by atoms with Crippen LogP contribution in [-0.4, -0.2) is 69.7 Å². The van der Waals surface area contributed by atoms with Gasteiger partial charge in [-0.1, -0.05) is 128 Å². The third-order valence-electron chi connectivity index (χ3n) is 21.1. The smallest absolute Gasteiger partial charge is 0.231 e. The van der Waals surface area contributed by atoms with Crippen molar-refractivity contribution in [3.63, 3.8) is 0 Å². The average molecular weight is 1170 g/mol. The van der Waals surface area contributed by atoms with Crippen molar-refractivity contribution in [2.45, 2.75) is 107 Å². The number of aromatic nitrogens is 4. The zero-order valence-corrected chi connectivity index (χ0v) is 52.9. The van der Waals surface area contributed by atoms with Crippen LogP contribution in [0, 0.1) is 45.3 Å². The van der Waals surface area contributed by atoms with Gasteiger partial charge in [0.1, 0.15) is 0 Å². The fourth-order valence-electron chi connectivity index (χ4n) is 16.1. The van der Waals surface area contributed by atoms with E-state index in [1.165, 1.54) is 0 Å². The van der Waals surface area contributed by atoms with Crippen molar-refractivity contribution in [2.24, 2.45) is 45.3 Å². The van der Waals surface area contributed by atoms with Gasteiger partial charge in [-0.25, -0.2) is 9.97 Å². The van der Waals surface area contributed by atoms with Gasteiger partial charge >= 0.3 is 0 Å². The average Bonchev–Trinajstić information content (AvgIpc) is 1.62. The molecule has 8 bridgehead atoms. The Labute approximate surface area is 517 Å². The van der Waals surface area contributed by atoms with E-state index in [2.05, 4.69) is 114 Å². The second-order valence-electron chi connectivity index (χ2n) is 27.4. The number of anilines is 4. The molecule has 4 amide bonds. The summed E-state index contributed by atoms with van der Waals surface area (Å²) in [5.41, 5.74) is 11.7. The summed E-state index contributed by atoms with van der Waals surface area (Å²) in [6.07, 6.45) is 8.39. The molecule has 5 heterocycles. The lowest BCUT2D eigenvalue weighted by Crippen LogP contribution is -2.33. The summed E-state index contributed by atoms with van der Waals surface area (Å²) in [5, 5.41) is 0. The highest BCUT2D eigenvalue weighted by atomic mass is 16.2. The van der Waals surface area contributed by atoms with E-state index in [0.717, 1.165) is 89.8 Å². The van der Waals surface area contributed by atoms with Crippen molar-refractivity contribution in [2.75, 3.05) is 45.8 Å². The molecule has 0 radical (unpaired) electrons. The zero-order chi connectivity index (χ0) is 61.9. The van der Waals surface area contributed by atoms with Crippen LogP contribution in [0.15, 0.2) is 146 Å². The van der Waals surface area contributed by atoms with Gasteiger partial charge in [-0.15, -0.1) is 0 Å². The number of hydrogen-bond acceptors (Lipinski definition) is 6. The molecule has 4 aromatic carbocycles. The first-order valence-electron chi connectivity index (χ1n) is 31.8. The van der Waals surface area contributed by atoms with E-state index >= 15 is 19.2 Å². The molecule has 6 aliphatic rings. The van der Waals surface area contributed by atoms with Crippen molar-refractivity contribution in [1.29, 1.82) is 0 Å². The van der Waals surface area contributed by atoms with Crippen molar-refractivity contribution in [3.05, 3.63) is 191 Å². The molecule has 2 N–H and O–H groups in total. The van der Waals surface area contributed by atoms with Crippen LogP contribution in [0.3, 0.4) is 0 Å². The number of aromatic amines is 2. The van der Waals surface area contributed by atoms with E-state index in [0.29, 0.717) is 26.2 Å². The number of nitrogens with one attached hydrogen (secondary N) is 2. The molecule has 7 aromatic rings. The maximum Gasteiger partial charge on any atom is 0.231 e. The van der Waals surface area contributed by atoms with E-state index in [9.17, 15) is 0 Å². The van der Waals surface area contributed by atoms with Gasteiger partial charge in [-0.2, -0.15) is 0 Å². The maximum absolute atomic E-state index is 15.3. The van der Waals surface area contributed by atoms with Gasteiger partial charge in [-0.3, -0.25) is 19.2 Å². The molecule has 13 rings (SSSR count). The Hall–Kier alpha value is -8.64. The third kappa shape index (κ3) is 9.37. The number of para-hydroxylation sites is 4. The number of H-pyrrole nitrogens is 2.